The Labute approximate surface area is 174 Å². The summed E-state index contributed by atoms with van der Waals surface area (Å²) in [6.07, 6.45) is 6.51. The Balaban J connectivity index is 1.45. The first kappa shape index (κ1) is 20.7. The summed E-state index contributed by atoms with van der Waals surface area (Å²) >= 11 is 6.63. The van der Waals surface area contributed by atoms with Gasteiger partial charge in [-0.15, -0.1) is 0 Å². The molecule has 2 saturated heterocycles. The summed E-state index contributed by atoms with van der Waals surface area (Å²) in [7, 11) is 0. The summed E-state index contributed by atoms with van der Waals surface area (Å²) < 4.78 is 5.79. The summed E-state index contributed by atoms with van der Waals surface area (Å²) in [4.78, 5) is 26.8. The molecule has 8 heteroatoms. The predicted molar refractivity (Wildman–Crippen MR) is 115 cm³/mol. The third kappa shape index (κ3) is 6.00. The predicted octanol–water partition coefficient (Wildman–Crippen LogP) is 2.59. The summed E-state index contributed by atoms with van der Waals surface area (Å²) in [5.74, 6) is -0.144. The number of hydrogen-bond acceptors (Lipinski definition) is 6. The number of thiocarbonyl (C=S) groups is 1. The quantitative estimate of drug-likeness (QED) is 0.544. The van der Waals surface area contributed by atoms with Gasteiger partial charge < -0.3 is 4.74 Å². The SMILES string of the molecule is O=C(CCCN1C(=O)/C(=C/C=C/c2ccccc2)SC1=S)NN1CCOCC1. The first-order chi connectivity index (χ1) is 13.6. The van der Waals surface area contributed by atoms with Gasteiger partial charge in [-0.05, 0) is 18.1 Å². The second-order valence-corrected chi connectivity index (χ2v) is 8.04. The number of thioether (sulfide) groups is 1. The van der Waals surface area contributed by atoms with E-state index in [1.807, 2.05) is 47.5 Å². The molecule has 0 bridgehead atoms. The molecule has 1 aromatic rings. The molecule has 0 atom stereocenters. The molecule has 1 N–H and O–H groups in total. The second-order valence-electron chi connectivity index (χ2n) is 6.36. The van der Waals surface area contributed by atoms with Crippen molar-refractivity contribution in [1.82, 2.24) is 15.3 Å². The average Bonchev–Trinajstić information content (AvgIpc) is 2.97. The Hall–Kier alpha value is -2.00. The van der Waals surface area contributed by atoms with Crippen molar-refractivity contribution in [2.75, 3.05) is 32.8 Å². The van der Waals surface area contributed by atoms with Gasteiger partial charge in [-0.3, -0.25) is 19.9 Å². The number of hydrogen-bond donors (Lipinski definition) is 1. The number of carbonyl (C=O) groups is 2. The van der Waals surface area contributed by atoms with Gasteiger partial charge in [0.1, 0.15) is 4.32 Å². The first-order valence-corrected chi connectivity index (χ1v) is 10.5. The van der Waals surface area contributed by atoms with E-state index < -0.39 is 0 Å². The highest BCUT2D eigenvalue weighted by molar-refractivity contribution is 8.26. The second kappa shape index (κ2) is 10.5. The van der Waals surface area contributed by atoms with Crippen molar-refractivity contribution in [3.8, 4) is 0 Å². The van der Waals surface area contributed by atoms with Crippen LogP contribution >= 0.6 is 24.0 Å². The number of carbonyl (C=O) groups excluding carboxylic acids is 2. The Morgan fingerprint density at radius 2 is 2.00 bits per heavy atom. The van der Waals surface area contributed by atoms with Gasteiger partial charge in [0.2, 0.25) is 5.91 Å². The number of ether oxygens (including phenoxy) is 1. The van der Waals surface area contributed by atoms with Gasteiger partial charge in [0.25, 0.3) is 5.91 Å². The van der Waals surface area contributed by atoms with Crippen molar-refractivity contribution in [1.29, 1.82) is 0 Å². The van der Waals surface area contributed by atoms with Crippen molar-refractivity contribution >= 4 is 46.2 Å². The van der Waals surface area contributed by atoms with Gasteiger partial charge in [-0.2, -0.15) is 0 Å². The highest BCUT2D eigenvalue weighted by Gasteiger charge is 2.31. The molecule has 2 heterocycles. The zero-order chi connectivity index (χ0) is 19.8. The molecule has 6 nitrogen and oxygen atoms in total. The number of morpholine rings is 1. The maximum absolute atomic E-state index is 12.5. The van der Waals surface area contributed by atoms with Crippen molar-refractivity contribution in [2.24, 2.45) is 0 Å². The summed E-state index contributed by atoms with van der Waals surface area (Å²) in [6.45, 7) is 3.09. The third-order valence-corrected chi connectivity index (χ3v) is 5.68. The highest BCUT2D eigenvalue weighted by Crippen LogP contribution is 2.31. The number of nitrogens with one attached hydrogen (secondary N) is 1. The first-order valence-electron chi connectivity index (χ1n) is 9.23. The van der Waals surface area contributed by atoms with Crippen molar-refractivity contribution < 1.29 is 14.3 Å². The molecule has 2 aliphatic rings. The van der Waals surface area contributed by atoms with Crippen LogP contribution in [-0.4, -0.2) is 58.9 Å². The van der Waals surface area contributed by atoms with Crippen LogP contribution < -0.4 is 5.43 Å². The summed E-state index contributed by atoms with van der Waals surface area (Å²) in [5, 5.41) is 1.87. The molecule has 0 aromatic heterocycles. The van der Waals surface area contributed by atoms with Crippen LogP contribution in [0.4, 0.5) is 0 Å². The number of allylic oxidation sites excluding steroid dienone is 2. The molecule has 0 saturated carbocycles. The Morgan fingerprint density at radius 1 is 1.25 bits per heavy atom. The number of benzene rings is 1. The molecule has 1 aromatic carbocycles. The van der Waals surface area contributed by atoms with Crippen LogP contribution in [-0.2, 0) is 14.3 Å². The molecule has 28 heavy (non-hydrogen) atoms. The van der Waals surface area contributed by atoms with Crippen molar-refractivity contribution in [3.63, 3.8) is 0 Å². The van der Waals surface area contributed by atoms with Crippen LogP contribution in [0.1, 0.15) is 18.4 Å². The standard InChI is InChI=1S/C20H23N3O3S2/c24-18(21-22-12-14-26-15-13-22)10-5-11-23-19(25)17(28-20(23)27)9-4-8-16-6-2-1-3-7-16/h1-4,6-9H,5,10-15H2,(H,21,24)/b8-4+,17-9-. The lowest BCUT2D eigenvalue weighted by Gasteiger charge is -2.27. The molecule has 3 rings (SSSR count). The van der Waals surface area contributed by atoms with Crippen molar-refractivity contribution in [2.45, 2.75) is 12.8 Å². The molecule has 0 radical (unpaired) electrons. The maximum Gasteiger partial charge on any atom is 0.266 e. The van der Waals surface area contributed by atoms with E-state index in [4.69, 9.17) is 17.0 Å². The van der Waals surface area contributed by atoms with E-state index in [0.717, 1.165) is 5.56 Å². The lowest BCUT2D eigenvalue weighted by Crippen LogP contribution is -2.48. The zero-order valence-electron chi connectivity index (χ0n) is 15.5. The van der Waals surface area contributed by atoms with E-state index in [2.05, 4.69) is 5.43 Å². The number of nitrogens with zero attached hydrogens (tertiary/aromatic N) is 2. The maximum atomic E-state index is 12.5. The molecule has 2 fully saturated rings. The summed E-state index contributed by atoms with van der Waals surface area (Å²) in [5.41, 5.74) is 3.94. The van der Waals surface area contributed by atoms with Gasteiger partial charge in [0.05, 0.1) is 18.1 Å². The average molecular weight is 418 g/mol. The lowest BCUT2D eigenvalue weighted by molar-refractivity contribution is -0.128. The van der Waals surface area contributed by atoms with Gasteiger partial charge in [-0.1, -0.05) is 66.5 Å². The van der Waals surface area contributed by atoms with Crippen LogP contribution in [0.3, 0.4) is 0 Å². The minimum atomic E-state index is -0.0960. The van der Waals surface area contributed by atoms with E-state index in [-0.39, 0.29) is 11.8 Å². The highest BCUT2D eigenvalue weighted by atomic mass is 32.2. The number of hydrazine groups is 1. The largest absolute Gasteiger partial charge is 0.379 e. The fourth-order valence-electron chi connectivity index (χ4n) is 2.82. The van der Waals surface area contributed by atoms with Crippen LogP contribution in [0, 0.1) is 0 Å². The van der Waals surface area contributed by atoms with Gasteiger partial charge in [-0.25, -0.2) is 5.01 Å². The zero-order valence-corrected chi connectivity index (χ0v) is 17.1. The normalized spacial score (nSPS) is 19.7. The van der Waals surface area contributed by atoms with Crippen LogP contribution in [0.2, 0.25) is 0 Å². The Kier molecular flexibility index (Phi) is 7.79. The fourth-order valence-corrected chi connectivity index (χ4v) is 4.08. The number of rotatable bonds is 7. The van der Waals surface area contributed by atoms with Crippen LogP contribution in [0.15, 0.2) is 47.4 Å². The van der Waals surface area contributed by atoms with Gasteiger partial charge >= 0.3 is 0 Å². The topological polar surface area (TPSA) is 61.9 Å². The summed E-state index contributed by atoms with van der Waals surface area (Å²) in [6, 6.07) is 9.89. The van der Waals surface area contributed by atoms with E-state index in [1.54, 1.807) is 11.0 Å². The van der Waals surface area contributed by atoms with Crippen molar-refractivity contribution in [3.05, 3.63) is 53.0 Å². The molecular formula is C20H23N3O3S2. The lowest BCUT2D eigenvalue weighted by atomic mass is 10.2. The Bertz CT molecular complexity index is 774. The van der Waals surface area contributed by atoms with E-state index in [0.29, 0.717) is 54.9 Å². The number of amides is 2. The molecule has 2 aliphatic heterocycles. The minimum absolute atomic E-state index is 0.0475. The molecule has 0 unspecified atom stereocenters. The monoisotopic (exact) mass is 417 g/mol. The van der Waals surface area contributed by atoms with E-state index >= 15 is 0 Å². The molecule has 2 amide bonds. The molecule has 0 aliphatic carbocycles. The minimum Gasteiger partial charge on any atom is -0.379 e. The Morgan fingerprint density at radius 3 is 2.75 bits per heavy atom. The van der Waals surface area contributed by atoms with Crippen LogP contribution in [0.25, 0.3) is 6.08 Å². The van der Waals surface area contributed by atoms with E-state index in [9.17, 15) is 9.59 Å². The van der Waals surface area contributed by atoms with Crippen LogP contribution in [0.5, 0.6) is 0 Å². The fraction of sp³-hybridized carbons (Fsp3) is 0.350. The molecule has 0 spiro atoms. The molecular weight excluding hydrogens is 394 g/mol. The smallest absolute Gasteiger partial charge is 0.266 e. The van der Waals surface area contributed by atoms with E-state index in [1.165, 1.54) is 11.8 Å². The molecule has 148 valence electrons. The third-order valence-electron chi connectivity index (χ3n) is 4.29. The van der Waals surface area contributed by atoms with Gasteiger partial charge in [0, 0.05) is 26.1 Å². The van der Waals surface area contributed by atoms with Gasteiger partial charge in [0.15, 0.2) is 0 Å².